The molecule has 2 fully saturated rings. The second kappa shape index (κ2) is 6.95. The molecule has 0 aromatic carbocycles. The summed E-state index contributed by atoms with van der Waals surface area (Å²) < 4.78 is 6.05. The number of piperidine rings is 1. The van der Waals surface area contributed by atoms with Gasteiger partial charge >= 0.3 is 0 Å². The molecule has 2 saturated heterocycles. The standard InChI is InChI=1S/C14H26N2O2S/c1-14(2)5-8-16(9-10-19-14)13(17)11-18-12-3-6-15-7-4-12/h12,15H,3-11H2,1-2H3. The van der Waals surface area contributed by atoms with Crippen molar-refractivity contribution in [3.05, 3.63) is 0 Å². The van der Waals surface area contributed by atoms with Gasteiger partial charge in [-0.25, -0.2) is 0 Å². The van der Waals surface area contributed by atoms with E-state index in [1.165, 1.54) is 0 Å². The second-order valence-electron chi connectivity index (χ2n) is 6.00. The van der Waals surface area contributed by atoms with Crippen molar-refractivity contribution in [3.8, 4) is 0 Å². The lowest BCUT2D eigenvalue weighted by molar-refractivity contribution is -0.138. The Morgan fingerprint density at radius 2 is 2.11 bits per heavy atom. The highest BCUT2D eigenvalue weighted by Crippen LogP contribution is 2.30. The summed E-state index contributed by atoms with van der Waals surface area (Å²) in [5.74, 6) is 1.20. The molecule has 0 atom stereocenters. The Morgan fingerprint density at radius 3 is 2.84 bits per heavy atom. The Morgan fingerprint density at radius 1 is 1.37 bits per heavy atom. The van der Waals surface area contributed by atoms with Gasteiger partial charge in [-0.1, -0.05) is 13.8 Å². The van der Waals surface area contributed by atoms with Crippen LogP contribution in [0.15, 0.2) is 0 Å². The number of nitrogens with zero attached hydrogens (tertiary/aromatic N) is 1. The summed E-state index contributed by atoms with van der Waals surface area (Å²) in [6.07, 6.45) is 3.38. The van der Waals surface area contributed by atoms with E-state index >= 15 is 0 Å². The first-order valence-corrected chi connectivity index (χ1v) is 8.29. The molecular formula is C14H26N2O2S. The van der Waals surface area contributed by atoms with E-state index < -0.39 is 0 Å². The van der Waals surface area contributed by atoms with E-state index in [0.29, 0.717) is 4.75 Å². The first-order valence-electron chi connectivity index (χ1n) is 7.31. The average Bonchev–Trinajstić information content (AvgIpc) is 2.58. The van der Waals surface area contributed by atoms with Gasteiger partial charge in [-0.05, 0) is 32.4 Å². The van der Waals surface area contributed by atoms with Crippen molar-refractivity contribution < 1.29 is 9.53 Å². The van der Waals surface area contributed by atoms with Gasteiger partial charge in [0.2, 0.25) is 5.91 Å². The molecule has 0 spiro atoms. The molecule has 110 valence electrons. The number of carbonyl (C=O) groups is 1. The summed E-state index contributed by atoms with van der Waals surface area (Å²) in [6, 6.07) is 0. The maximum Gasteiger partial charge on any atom is 0.248 e. The molecule has 0 saturated carbocycles. The Kier molecular flexibility index (Phi) is 5.54. The lowest BCUT2D eigenvalue weighted by Gasteiger charge is -2.25. The number of nitrogens with one attached hydrogen (secondary N) is 1. The largest absolute Gasteiger partial charge is 0.368 e. The Balaban J connectivity index is 1.73. The molecule has 0 aromatic rings. The van der Waals surface area contributed by atoms with Crippen molar-refractivity contribution in [3.63, 3.8) is 0 Å². The highest BCUT2D eigenvalue weighted by Gasteiger charge is 2.26. The Bertz CT molecular complexity index is 304. The first kappa shape index (κ1) is 15.1. The van der Waals surface area contributed by atoms with Crippen molar-refractivity contribution in [2.75, 3.05) is 38.5 Å². The van der Waals surface area contributed by atoms with Gasteiger partial charge in [-0.2, -0.15) is 11.8 Å². The number of hydrogen-bond acceptors (Lipinski definition) is 4. The average molecular weight is 286 g/mol. The van der Waals surface area contributed by atoms with Crippen molar-refractivity contribution in [1.82, 2.24) is 10.2 Å². The van der Waals surface area contributed by atoms with Gasteiger partial charge in [0.1, 0.15) is 6.61 Å². The van der Waals surface area contributed by atoms with Crippen LogP contribution in [0.5, 0.6) is 0 Å². The van der Waals surface area contributed by atoms with Gasteiger partial charge in [0, 0.05) is 23.6 Å². The fourth-order valence-electron chi connectivity index (χ4n) is 2.51. The summed E-state index contributed by atoms with van der Waals surface area (Å²) in [4.78, 5) is 14.2. The van der Waals surface area contributed by atoms with Gasteiger partial charge in [0.25, 0.3) is 0 Å². The minimum absolute atomic E-state index is 0.164. The molecule has 0 aliphatic carbocycles. The van der Waals surface area contributed by atoms with Crippen LogP contribution in [-0.2, 0) is 9.53 Å². The number of carbonyl (C=O) groups excluding carboxylic acids is 1. The molecule has 4 nitrogen and oxygen atoms in total. The SMILES string of the molecule is CC1(C)CCN(C(=O)COC2CCNCC2)CCS1. The highest BCUT2D eigenvalue weighted by molar-refractivity contribution is 8.00. The van der Waals surface area contributed by atoms with Crippen molar-refractivity contribution in [2.24, 2.45) is 0 Å². The Labute approximate surface area is 120 Å². The number of hydrogen-bond donors (Lipinski definition) is 1. The lowest BCUT2D eigenvalue weighted by atomic mass is 10.1. The van der Waals surface area contributed by atoms with E-state index in [2.05, 4.69) is 19.2 Å². The molecule has 19 heavy (non-hydrogen) atoms. The molecule has 0 aromatic heterocycles. The molecule has 2 aliphatic heterocycles. The van der Waals surface area contributed by atoms with Crippen LogP contribution in [0.3, 0.4) is 0 Å². The molecule has 0 radical (unpaired) electrons. The van der Waals surface area contributed by atoms with E-state index in [0.717, 1.165) is 51.2 Å². The lowest BCUT2D eigenvalue weighted by Crippen LogP contribution is -2.39. The van der Waals surface area contributed by atoms with Crippen LogP contribution in [0.4, 0.5) is 0 Å². The first-order chi connectivity index (χ1) is 9.07. The van der Waals surface area contributed by atoms with Crippen LogP contribution < -0.4 is 5.32 Å². The summed E-state index contributed by atoms with van der Waals surface area (Å²) in [5.41, 5.74) is 0. The number of amides is 1. The maximum absolute atomic E-state index is 12.2. The minimum Gasteiger partial charge on any atom is -0.368 e. The normalized spacial score (nSPS) is 25.1. The summed E-state index contributed by atoms with van der Waals surface area (Å²) >= 11 is 1.97. The Hall–Kier alpha value is -0.260. The predicted molar refractivity (Wildman–Crippen MR) is 79.6 cm³/mol. The molecule has 0 bridgehead atoms. The van der Waals surface area contributed by atoms with Gasteiger partial charge in [-0.15, -0.1) is 0 Å². The molecule has 5 heteroatoms. The van der Waals surface area contributed by atoms with Gasteiger partial charge in [-0.3, -0.25) is 4.79 Å². The third kappa shape index (κ3) is 4.97. The topological polar surface area (TPSA) is 41.6 Å². The van der Waals surface area contributed by atoms with E-state index in [9.17, 15) is 4.79 Å². The van der Waals surface area contributed by atoms with Crippen LogP contribution in [0.1, 0.15) is 33.1 Å². The zero-order valence-corrected chi connectivity index (χ0v) is 12.9. The number of rotatable bonds is 3. The van der Waals surface area contributed by atoms with Crippen LogP contribution >= 0.6 is 11.8 Å². The van der Waals surface area contributed by atoms with E-state index in [4.69, 9.17) is 4.74 Å². The van der Waals surface area contributed by atoms with Crippen LogP contribution in [0.25, 0.3) is 0 Å². The second-order valence-corrected chi connectivity index (χ2v) is 7.80. The molecule has 2 aliphatic rings. The molecule has 1 amide bonds. The van der Waals surface area contributed by atoms with Crippen molar-refractivity contribution in [1.29, 1.82) is 0 Å². The van der Waals surface area contributed by atoms with Gasteiger partial charge in [0.15, 0.2) is 0 Å². The molecule has 1 N–H and O–H groups in total. The van der Waals surface area contributed by atoms with Gasteiger partial charge in [0.05, 0.1) is 6.10 Å². The smallest absolute Gasteiger partial charge is 0.248 e. The van der Waals surface area contributed by atoms with Crippen molar-refractivity contribution >= 4 is 17.7 Å². The summed E-state index contributed by atoms with van der Waals surface area (Å²) in [6.45, 7) is 8.53. The molecular weight excluding hydrogens is 260 g/mol. The highest BCUT2D eigenvalue weighted by atomic mass is 32.2. The zero-order chi connectivity index (χ0) is 13.7. The van der Waals surface area contributed by atoms with Crippen LogP contribution in [0, 0.1) is 0 Å². The van der Waals surface area contributed by atoms with Crippen LogP contribution in [0.2, 0.25) is 0 Å². The van der Waals surface area contributed by atoms with E-state index in [1.54, 1.807) is 0 Å². The maximum atomic E-state index is 12.2. The summed E-state index contributed by atoms with van der Waals surface area (Å²) in [5, 5.41) is 3.30. The van der Waals surface area contributed by atoms with Crippen LogP contribution in [-0.4, -0.2) is 60.2 Å². The third-order valence-corrected chi connectivity index (χ3v) is 5.29. The van der Waals surface area contributed by atoms with Crippen molar-refractivity contribution in [2.45, 2.75) is 44.0 Å². The molecule has 0 unspecified atom stereocenters. The zero-order valence-electron chi connectivity index (χ0n) is 12.1. The quantitative estimate of drug-likeness (QED) is 0.854. The number of thioether (sulfide) groups is 1. The predicted octanol–water partition coefficient (Wildman–Crippen LogP) is 1.50. The number of ether oxygens (including phenoxy) is 1. The summed E-state index contributed by atoms with van der Waals surface area (Å²) in [7, 11) is 0. The monoisotopic (exact) mass is 286 g/mol. The van der Waals surface area contributed by atoms with E-state index in [-0.39, 0.29) is 18.6 Å². The van der Waals surface area contributed by atoms with Gasteiger partial charge < -0.3 is 15.0 Å². The van der Waals surface area contributed by atoms with E-state index in [1.807, 2.05) is 16.7 Å². The minimum atomic E-state index is 0.164. The fourth-order valence-corrected chi connectivity index (χ4v) is 3.61. The third-order valence-electron chi connectivity index (χ3n) is 3.92. The fraction of sp³-hybridized carbons (Fsp3) is 0.929. The molecule has 2 heterocycles. The molecule has 2 rings (SSSR count).